The summed E-state index contributed by atoms with van der Waals surface area (Å²) in [5.74, 6) is -0.443. The maximum Gasteiger partial charge on any atom is 0.346 e. The van der Waals surface area contributed by atoms with E-state index in [0.717, 1.165) is 11.3 Å². The Labute approximate surface area is 111 Å². The maximum atomic E-state index is 10.5. The monoisotopic (exact) mass is 255 g/mol. The molecule has 0 amide bonds. The number of nitrogens with zero attached hydrogens (tertiary/aromatic N) is 1. The molecule has 0 aliphatic heterocycles. The van der Waals surface area contributed by atoms with Gasteiger partial charge in [-0.05, 0) is 23.8 Å². The van der Waals surface area contributed by atoms with Crippen molar-refractivity contribution in [1.29, 1.82) is 5.26 Å². The van der Waals surface area contributed by atoms with Crippen molar-refractivity contribution in [2.24, 2.45) is 0 Å². The second-order valence-electron chi connectivity index (χ2n) is 3.51. The Kier molecular flexibility index (Phi) is 5.64. The van der Waals surface area contributed by atoms with Gasteiger partial charge in [0.25, 0.3) is 0 Å². The maximum absolute atomic E-state index is 10.5. The zero-order valence-electron chi connectivity index (χ0n) is 10.4. The summed E-state index contributed by atoms with van der Waals surface area (Å²) >= 11 is 0. The molecule has 1 N–H and O–H groups in total. The summed E-state index contributed by atoms with van der Waals surface area (Å²) in [7, 11) is 1.61. The Morgan fingerprint density at radius 2 is 1.95 bits per heavy atom. The normalized spacial score (nSPS) is 11.7. The average molecular weight is 255 g/mol. The Bertz CT molecular complexity index is 560. The first-order valence-corrected chi connectivity index (χ1v) is 5.50. The van der Waals surface area contributed by atoms with Gasteiger partial charge in [-0.3, -0.25) is 0 Å². The van der Waals surface area contributed by atoms with Crippen LogP contribution in [0.25, 0.3) is 6.08 Å². The number of allylic oxidation sites excluding steroid dienone is 4. The van der Waals surface area contributed by atoms with Crippen LogP contribution in [-0.4, -0.2) is 18.2 Å². The molecule has 0 atom stereocenters. The first-order chi connectivity index (χ1) is 9.17. The number of carbonyl (C=O) groups is 1. The van der Waals surface area contributed by atoms with Gasteiger partial charge in [-0.2, -0.15) is 5.26 Å². The fourth-order valence-corrected chi connectivity index (χ4v) is 1.25. The second-order valence-corrected chi connectivity index (χ2v) is 3.51. The third-order valence-electron chi connectivity index (χ3n) is 2.24. The van der Waals surface area contributed by atoms with Gasteiger partial charge in [0.15, 0.2) is 0 Å². The molecular formula is C15H13NO3. The van der Waals surface area contributed by atoms with Crippen LogP contribution >= 0.6 is 0 Å². The standard InChI is InChI=1S/C15H13NO3/c1-19-14-9-7-12(8-10-14)5-3-2-4-6-13(11-16)15(17)18/h2-10H,1H3,(H,17,18)/b4-2+,5-3+,13-6+. The van der Waals surface area contributed by atoms with Gasteiger partial charge in [0.2, 0.25) is 0 Å². The van der Waals surface area contributed by atoms with Gasteiger partial charge in [0.05, 0.1) is 7.11 Å². The van der Waals surface area contributed by atoms with Gasteiger partial charge in [0.1, 0.15) is 17.4 Å². The minimum absolute atomic E-state index is 0.297. The molecule has 0 aromatic heterocycles. The van der Waals surface area contributed by atoms with E-state index in [-0.39, 0.29) is 5.57 Å². The number of hydrogen-bond donors (Lipinski definition) is 1. The van der Waals surface area contributed by atoms with Crippen molar-refractivity contribution in [1.82, 2.24) is 0 Å². The first-order valence-electron chi connectivity index (χ1n) is 5.50. The quantitative estimate of drug-likeness (QED) is 0.499. The summed E-state index contributed by atoms with van der Waals surface area (Å²) < 4.78 is 5.04. The van der Waals surface area contributed by atoms with Crippen molar-refractivity contribution < 1.29 is 14.6 Å². The molecule has 0 saturated carbocycles. The molecule has 19 heavy (non-hydrogen) atoms. The van der Waals surface area contributed by atoms with Gasteiger partial charge in [-0.1, -0.05) is 36.4 Å². The summed E-state index contributed by atoms with van der Waals surface area (Å²) in [6.45, 7) is 0. The lowest BCUT2D eigenvalue weighted by molar-refractivity contribution is -0.132. The Morgan fingerprint density at radius 3 is 2.47 bits per heavy atom. The van der Waals surface area contributed by atoms with Crippen LogP contribution in [0, 0.1) is 11.3 Å². The smallest absolute Gasteiger partial charge is 0.346 e. The molecule has 0 heterocycles. The SMILES string of the molecule is COc1ccc(/C=C/C=C/C=C(\C#N)C(=O)O)cc1. The molecule has 0 bridgehead atoms. The van der Waals surface area contributed by atoms with Crippen LogP contribution in [0.5, 0.6) is 5.75 Å². The van der Waals surface area contributed by atoms with Crippen molar-refractivity contribution in [2.45, 2.75) is 0 Å². The predicted molar refractivity (Wildman–Crippen MR) is 72.5 cm³/mol. The molecule has 1 aromatic rings. The van der Waals surface area contributed by atoms with E-state index in [0.29, 0.717) is 0 Å². The minimum atomic E-state index is -1.23. The molecule has 0 aliphatic carbocycles. The molecular weight excluding hydrogens is 242 g/mol. The Balaban J connectivity index is 2.63. The van der Waals surface area contributed by atoms with Crippen LogP contribution in [0.1, 0.15) is 5.56 Å². The topological polar surface area (TPSA) is 70.3 Å². The van der Waals surface area contributed by atoms with E-state index in [9.17, 15) is 4.79 Å². The van der Waals surface area contributed by atoms with E-state index < -0.39 is 5.97 Å². The van der Waals surface area contributed by atoms with E-state index in [4.69, 9.17) is 15.1 Å². The predicted octanol–water partition coefficient (Wildman–Crippen LogP) is 2.80. The van der Waals surface area contributed by atoms with Crippen molar-refractivity contribution in [3.8, 4) is 11.8 Å². The summed E-state index contributed by atoms with van der Waals surface area (Å²) in [5, 5.41) is 17.1. The number of rotatable bonds is 5. The van der Waals surface area contributed by atoms with Crippen molar-refractivity contribution >= 4 is 12.0 Å². The number of methoxy groups -OCH3 is 1. The molecule has 0 fully saturated rings. The largest absolute Gasteiger partial charge is 0.497 e. The number of hydrogen-bond acceptors (Lipinski definition) is 3. The highest BCUT2D eigenvalue weighted by molar-refractivity contribution is 5.91. The molecule has 0 aliphatic rings. The van der Waals surface area contributed by atoms with Crippen molar-refractivity contribution in [2.75, 3.05) is 7.11 Å². The number of nitriles is 1. The van der Waals surface area contributed by atoms with Gasteiger partial charge in [0, 0.05) is 0 Å². The lowest BCUT2D eigenvalue weighted by atomic mass is 10.2. The highest BCUT2D eigenvalue weighted by Gasteiger charge is 2.01. The summed E-state index contributed by atoms with van der Waals surface area (Å²) in [6, 6.07) is 9.09. The van der Waals surface area contributed by atoms with Gasteiger partial charge >= 0.3 is 5.97 Å². The molecule has 0 saturated heterocycles. The molecule has 4 heteroatoms. The lowest BCUT2D eigenvalue weighted by Crippen LogP contribution is -1.96. The van der Waals surface area contributed by atoms with Crippen molar-refractivity contribution in [3.05, 3.63) is 59.7 Å². The lowest BCUT2D eigenvalue weighted by Gasteiger charge is -1.98. The number of carboxylic acids is 1. The third kappa shape index (κ3) is 4.92. The first kappa shape index (κ1) is 14.3. The molecule has 1 rings (SSSR count). The van der Waals surface area contributed by atoms with E-state index in [2.05, 4.69) is 0 Å². The highest BCUT2D eigenvalue weighted by atomic mass is 16.5. The van der Waals surface area contributed by atoms with Crippen LogP contribution in [0.3, 0.4) is 0 Å². The van der Waals surface area contributed by atoms with Crippen molar-refractivity contribution in [3.63, 3.8) is 0 Å². The molecule has 0 unspecified atom stereocenters. The average Bonchev–Trinajstić information content (AvgIpc) is 2.43. The zero-order chi connectivity index (χ0) is 14.1. The molecule has 0 radical (unpaired) electrons. The van der Waals surface area contributed by atoms with Crippen LogP contribution in [0.15, 0.2) is 54.1 Å². The zero-order valence-corrected chi connectivity index (χ0v) is 10.4. The minimum Gasteiger partial charge on any atom is -0.497 e. The third-order valence-corrected chi connectivity index (χ3v) is 2.24. The van der Waals surface area contributed by atoms with Gasteiger partial charge < -0.3 is 9.84 Å². The molecule has 4 nitrogen and oxygen atoms in total. The van der Waals surface area contributed by atoms with Crippen LogP contribution in [0.4, 0.5) is 0 Å². The Morgan fingerprint density at radius 1 is 1.26 bits per heavy atom. The van der Waals surface area contributed by atoms with Crippen LogP contribution in [0.2, 0.25) is 0 Å². The molecule has 1 aromatic carbocycles. The number of carboxylic acid groups (broad SMARTS) is 1. The summed E-state index contributed by atoms with van der Waals surface area (Å²) in [4.78, 5) is 10.5. The van der Waals surface area contributed by atoms with E-state index in [1.54, 1.807) is 25.3 Å². The van der Waals surface area contributed by atoms with Crippen LogP contribution in [-0.2, 0) is 4.79 Å². The van der Waals surface area contributed by atoms with Gasteiger partial charge in [-0.15, -0.1) is 0 Å². The molecule has 96 valence electrons. The van der Waals surface area contributed by atoms with Crippen LogP contribution < -0.4 is 4.74 Å². The van der Waals surface area contributed by atoms with E-state index in [1.165, 1.54) is 12.2 Å². The summed E-state index contributed by atoms with van der Waals surface area (Å²) in [6.07, 6.45) is 8.03. The molecule has 0 spiro atoms. The van der Waals surface area contributed by atoms with Gasteiger partial charge in [-0.25, -0.2) is 4.79 Å². The number of ether oxygens (including phenoxy) is 1. The Hall–Kier alpha value is -2.80. The van der Waals surface area contributed by atoms with E-state index in [1.807, 2.05) is 30.3 Å². The second kappa shape index (κ2) is 7.51. The van der Waals surface area contributed by atoms with E-state index >= 15 is 0 Å². The number of benzene rings is 1. The highest BCUT2D eigenvalue weighted by Crippen LogP contribution is 2.12. The summed E-state index contributed by atoms with van der Waals surface area (Å²) in [5.41, 5.74) is 0.697. The fourth-order valence-electron chi connectivity index (χ4n) is 1.25. The number of aliphatic carboxylic acids is 1. The fraction of sp³-hybridized carbons (Fsp3) is 0.0667.